The number of nitriles is 1. The Kier molecular flexibility index (Phi) is 9.54. The first-order chi connectivity index (χ1) is 18.9. The molecule has 2 aliphatic heterocycles. The highest BCUT2D eigenvalue weighted by molar-refractivity contribution is 6.09. The van der Waals surface area contributed by atoms with Gasteiger partial charge in [-0.25, -0.2) is 4.39 Å². The zero-order valence-corrected chi connectivity index (χ0v) is 22.8. The summed E-state index contributed by atoms with van der Waals surface area (Å²) in [6, 6.07) is 7.14. The minimum absolute atomic E-state index is 0.177. The third kappa shape index (κ3) is 7.55. The number of aliphatic imine (C=N–C) groups is 1. The van der Waals surface area contributed by atoms with E-state index in [4.69, 9.17) is 10.5 Å². The average Bonchev–Trinajstić information content (AvgIpc) is 3.79. The molecule has 0 bridgehead atoms. The number of allylic oxidation sites excluding steroid dienone is 3. The Morgan fingerprint density at radius 3 is 2.85 bits per heavy atom. The quantitative estimate of drug-likeness (QED) is 0.275. The highest BCUT2D eigenvalue weighted by Crippen LogP contribution is 2.46. The van der Waals surface area contributed by atoms with Gasteiger partial charge in [-0.1, -0.05) is 0 Å². The number of nitrogens with two attached hydrogens (primary N) is 1. The summed E-state index contributed by atoms with van der Waals surface area (Å²) in [5, 5.41) is 16.5. The van der Waals surface area contributed by atoms with Gasteiger partial charge in [0.2, 0.25) is 0 Å². The number of carbonyl (C=O) groups excluding carboxylic acids is 1. The van der Waals surface area contributed by atoms with Crippen molar-refractivity contribution in [2.75, 3.05) is 20.2 Å². The number of halogens is 1. The number of ether oxygens (including phenoxy) is 1. The second-order valence-electron chi connectivity index (χ2n) is 10.7. The van der Waals surface area contributed by atoms with E-state index in [-0.39, 0.29) is 24.1 Å². The third-order valence-corrected chi connectivity index (χ3v) is 7.64. The third-order valence-electron chi connectivity index (χ3n) is 7.64. The second kappa shape index (κ2) is 13.0. The van der Waals surface area contributed by atoms with E-state index in [1.165, 1.54) is 18.3 Å². The molecule has 3 unspecified atom stereocenters. The Labute approximate surface area is 230 Å². The number of nitrogens with one attached hydrogen (secondary N) is 2. The van der Waals surface area contributed by atoms with Crippen LogP contribution in [0, 0.1) is 28.5 Å². The molecule has 8 nitrogen and oxygen atoms in total. The van der Waals surface area contributed by atoms with Crippen molar-refractivity contribution in [2.45, 2.75) is 64.4 Å². The fourth-order valence-corrected chi connectivity index (χ4v) is 5.10. The Hall–Kier alpha value is -3.48. The molecule has 39 heavy (non-hydrogen) atoms. The first-order valence-corrected chi connectivity index (χ1v) is 13.7. The van der Waals surface area contributed by atoms with Crippen LogP contribution in [0.1, 0.15) is 56.6 Å². The van der Waals surface area contributed by atoms with Gasteiger partial charge in [-0.05, 0) is 92.8 Å². The highest BCUT2D eigenvalue weighted by atomic mass is 19.1. The van der Waals surface area contributed by atoms with Crippen LogP contribution in [-0.2, 0) is 16.1 Å². The molecule has 3 atom stereocenters. The second-order valence-corrected chi connectivity index (χ2v) is 10.7. The lowest BCUT2D eigenvalue weighted by atomic mass is 9.82. The average molecular weight is 535 g/mol. The minimum atomic E-state index is -0.891. The van der Waals surface area contributed by atoms with E-state index < -0.39 is 5.41 Å². The molecular weight excluding hydrogens is 495 g/mol. The van der Waals surface area contributed by atoms with Gasteiger partial charge in [0.05, 0.1) is 12.2 Å². The van der Waals surface area contributed by atoms with Gasteiger partial charge >= 0.3 is 0 Å². The number of benzene rings is 1. The van der Waals surface area contributed by atoms with Gasteiger partial charge in [-0.2, -0.15) is 5.26 Å². The maximum Gasteiger partial charge on any atom is 0.148 e. The monoisotopic (exact) mass is 534 g/mol. The molecule has 0 spiro atoms. The van der Waals surface area contributed by atoms with Crippen LogP contribution >= 0.6 is 0 Å². The number of dihydropyridines is 1. The van der Waals surface area contributed by atoms with Crippen molar-refractivity contribution in [3.63, 3.8) is 0 Å². The van der Waals surface area contributed by atoms with Crippen molar-refractivity contribution in [1.29, 1.82) is 5.26 Å². The van der Waals surface area contributed by atoms with E-state index in [9.17, 15) is 14.4 Å². The van der Waals surface area contributed by atoms with Crippen LogP contribution in [0.2, 0.25) is 0 Å². The normalized spacial score (nSPS) is 23.3. The van der Waals surface area contributed by atoms with E-state index in [1.54, 1.807) is 6.21 Å². The molecule has 0 amide bonds. The van der Waals surface area contributed by atoms with Gasteiger partial charge in [-0.15, -0.1) is 0 Å². The summed E-state index contributed by atoms with van der Waals surface area (Å²) in [5.41, 5.74) is 9.02. The van der Waals surface area contributed by atoms with Crippen molar-refractivity contribution in [2.24, 2.45) is 22.1 Å². The van der Waals surface area contributed by atoms with Gasteiger partial charge < -0.3 is 25.5 Å². The molecule has 1 saturated carbocycles. The number of rotatable bonds is 12. The van der Waals surface area contributed by atoms with Gasteiger partial charge in [-0.3, -0.25) is 10.3 Å². The molecule has 9 heteroatoms. The first kappa shape index (κ1) is 28.5. The van der Waals surface area contributed by atoms with Crippen molar-refractivity contribution in [3.8, 4) is 6.07 Å². The number of likely N-dealkylation sites (N-methyl/N-ethyl adjacent to an activating group) is 1. The van der Waals surface area contributed by atoms with E-state index in [2.05, 4.69) is 32.7 Å². The van der Waals surface area contributed by atoms with Crippen molar-refractivity contribution in [1.82, 2.24) is 15.5 Å². The molecule has 0 radical (unpaired) electrons. The molecule has 3 aliphatic rings. The van der Waals surface area contributed by atoms with E-state index in [0.717, 1.165) is 55.3 Å². The summed E-state index contributed by atoms with van der Waals surface area (Å²) < 4.78 is 20.2. The van der Waals surface area contributed by atoms with Crippen molar-refractivity contribution in [3.05, 3.63) is 64.9 Å². The lowest BCUT2D eigenvalue weighted by molar-refractivity contribution is -0.115. The molecule has 2 heterocycles. The summed E-state index contributed by atoms with van der Waals surface area (Å²) >= 11 is 0. The number of aldehydes is 1. The predicted octanol–water partition coefficient (Wildman–Crippen LogP) is 3.97. The van der Waals surface area contributed by atoms with Gasteiger partial charge in [0.1, 0.15) is 23.7 Å². The number of hydrogen-bond donors (Lipinski definition) is 3. The van der Waals surface area contributed by atoms with Crippen LogP contribution in [0.15, 0.2) is 52.9 Å². The molecule has 208 valence electrons. The Morgan fingerprint density at radius 2 is 2.18 bits per heavy atom. The Morgan fingerprint density at radius 1 is 1.36 bits per heavy atom. The Balaban J connectivity index is 1.39. The summed E-state index contributed by atoms with van der Waals surface area (Å²) in [6.45, 7) is 3.71. The van der Waals surface area contributed by atoms with Crippen LogP contribution in [0.3, 0.4) is 0 Å². The van der Waals surface area contributed by atoms with Crippen LogP contribution in [0.5, 0.6) is 0 Å². The summed E-state index contributed by atoms with van der Waals surface area (Å²) in [5.74, 6) is -0.166. The maximum absolute atomic E-state index is 14.6. The topological polar surface area (TPSA) is 116 Å². The highest BCUT2D eigenvalue weighted by Gasteiger charge is 2.45. The van der Waals surface area contributed by atoms with Crippen molar-refractivity contribution < 1.29 is 13.9 Å². The molecule has 1 saturated heterocycles. The maximum atomic E-state index is 14.6. The zero-order valence-electron chi connectivity index (χ0n) is 22.8. The molecule has 4 rings (SSSR count). The van der Waals surface area contributed by atoms with E-state index >= 15 is 0 Å². The minimum Gasteiger partial charge on any atom is -0.404 e. The summed E-state index contributed by atoms with van der Waals surface area (Å²) in [4.78, 5) is 18.3. The summed E-state index contributed by atoms with van der Waals surface area (Å²) in [7, 11) is 1.97. The standard InChI is InChI=1S/C30H39FN6O2/c1-21-11-27(37(2)9-8-30(19-33,20-38)25-6-7-25)15-28(36-21)34-17-22-12-23(14-26(31)13-22)24(16-32)18-35-29-5-3-4-10-39-29/h11-16,18,20,25,28-29,34,36H,3-10,17,32H2,1-2H3. The number of hydrogen-bond acceptors (Lipinski definition) is 8. The van der Waals surface area contributed by atoms with Gasteiger partial charge in [0, 0.05) is 56.1 Å². The van der Waals surface area contributed by atoms with Gasteiger partial charge in [0.25, 0.3) is 0 Å². The molecule has 1 aromatic carbocycles. The van der Waals surface area contributed by atoms with E-state index in [0.29, 0.717) is 37.3 Å². The van der Waals surface area contributed by atoms with E-state index in [1.807, 2.05) is 26.1 Å². The lowest BCUT2D eigenvalue weighted by Gasteiger charge is -2.30. The fraction of sp³-hybridized carbons (Fsp3) is 0.500. The molecular formula is C30H39FN6O2. The molecule has 0 aromatic heterocycles. The van der Waals surface area contributed by atoms with Gasteiger partial charge in [0.15, 0.2) is 0 Å². The molecule has 1 aliphatic carbocycles. The number of carbonyl (C=O) groups is 1. The molecule has 1 aromatic rings. The number of nitrogens with zero attached hydrogens (tertiary/aromatic N) is 3. The smallest absolute Gasteiger partial charge is 0.148 e. The van der Waals surface area contributed by atoms with Crippen LogP contribution in [-0.4, -0.2) is 50.0 Å². The first-order valence-electron chi connectivity index (χ1n) is 13.7. The van der Waals surface area contributed by atoms with Crippen LogP contribution in [0.4, 0.5) is 4.39 Å². The zero-order chi connectivity index (χ0) is 27.8. The predicted molar refractivity (Wildman–Crippen MR) is 150 cm³/mol. The van der Waals surface area contributed by atoms with Crippen LogP contribution in [0.25, 0.3) is 5.57 Å². The largest absolute Gasteiger partial charge is 0.404 e. The van der Waals surface area contributed by atoms with Crippen molar-refractivity contribution >= 4 is 18.1 Å². The molecule has 4 N–H and O–H groups in total. The Bertz CT molecular complexity index is 1190. The lowest BCUT2D eigenvalue weighted by Crippen LogP contribution is -2.42. The molecule has 2 fully saturated rings. The fourth-order valence-electron chi connectivity index (χ4n) is 5.10. The van der Waals surface area contributed by atoms with Crippen LogP contribution < -0.4 is 16.4 Å². The SMILES string of the molecule is CC1=CC(N(C)CCC(C#N)(C=O)C2CC2)=CC(NCc2cc(F)cc(C(C=NC3CCCCO3)=CN)c2)N1. The summed E-state index contributed by atoms with van der Waals surface area (Å²) in [6.07, 6.45) is 13.1.